The molecule has 2 aromatic rings. The van der Waals surface area contributed by atoms with Crippen molar-refractivity contribution in [2.75, 3.05) is 0 Å². The van der Waals surface area contributed by atoms with Crippen LogP contribution in [0.15, 0.2) is 71.7 Å². The molecule has 1 fully saturated rings. The molecule has 0 atom stereocenters. The molecule has 24 heavy (non-hydrogen) atoms. The number of carbonyl (C=O) groups excluding carboxylic acids is 2. The van der Waals surface area contributed by atoms with Gasteiger partial charge in [-0.05, 0) is 41.1 Å². The zero-order chi connectivity index (χ0) is 16.9. The van der Waals surface area contributed by atoms with Gasteiger partial charge in [0, 0.05) is 0 Å². The highest BCUT2D eigenvalue weighted by Crippen LogP contribution is 2.31. The zero-order valence-corrected chi connectivity index (χ0v) is 13.5. The molecule has 2 aromatic carbocycles. The molecule has 0 saturated carbocycles. The van der Waals surface area contributed by atoms with Crippen LogP contribution in [-0.4, -0.2) is 16.0 Å². The second-order valence-electron chi connectivity index (χ2n) is 5.19. The van der Waals surface area contributed by atoms with Gasteiger partial charge in [0.05, 0.1) is 11.4 Å². The van der Waals surface area contributed by atoms with Crippen molar-refractivity contribution in [3.8, 4) is 0 Å². The van der Waals surface area contributed by atoms with Crippen molar-refractivity contribution in [2.45, 2.75) is 6.54 Å². The first-order valence-electron chi connectivity index (χ1n) is 7.35. The molecule has 0 aromatic heterocycles. The molecule has 0 spiro atoms. The lowest BCUT2D eigenvalue weighted by atomic mass is 10.2. The summed E-state index contributed by atoms with van der Waals surface area (Å²) in [5.74, 6) is -0.675. The Kier molecular flexibility index (Phi) is 4.91. The summed E-state index contributed by atoms with van der Waals surface area (Å²) >= 11 is 0.913. The third-order valence-corrected chi connectivity index (χ3v) is 4.39. The van der Waals surface area contributed by atoms with Gasteiger partial charge in [0.2, 0.25) is 0 Å². The average Bonchev–Trinajstić information content (AvgIpc) is 2.85. The van der Waals surface area contributed by atoms with Crippen LogP contribution in [0, 0.1) is 5.82 Å². The van der Waals surface area contributed by atoms with Crippen molar-refractivity contribution in [2.24, 2.45) is 0 Å². The van der Waals surface area contributed by atoms with Crippen LogP contribution in [-0.2, 0) is 11.3 Å². The third kappa shape index (κ3) is 3.81. The average molecular weight is 339 g/mol. The highest BCUT2D eigenvalue weighted by Gasteiger charge is 2.34. The zero-order valence-electron chi connectivity index (χ0n) is 12.7. The first kappa shape index (κ1) is 16.2. The van der Waals surface area contributed by atoms with E-state index in [4.69, 9.17) is 0 Å². The van der Waals surface area contributed by atoms with E-state index in [-0.39, 0.29) is 23.5 Å². The molecule has 0 radical (unpaired) electrons. The van der Waals surface area contributed by atoms with E-state index in [1.807, 2.05) is 36.4 Å². The number of nitrogens with zero attached hydrogens (tertiary/aromatic N) is 1. The Morgan fingerprint density at radius 3 is 2.42 bits per heavy atom. The Bertz CT molecular complexity index is 813. The number of amides is 2. The molecular formula is C19H14FNO2S. The van der Waals surface area contributed by atoms with Crippen molar-refractivity contribution in [3.05, 3.63) is 88.6 Å². The molecule has 1 aliphatic rings. The molecule has 3 rings (SSSR count). The Hall–Kier alpha value is -2.66. The van der Waals surface area contributed by atoms with Gasteiger partial charge in [-0.25, -0.2) is 4.39 Å². The summed E-state index contributed by atoms with van der Waals surface area (Å²) in [6, 6.07) is 15.4. The second kappa shape index (κ2) is 7.27. The summed E-state index contributed by atoms with van der Waals surface area (Å²) < 4.78 is 12.9. The second-order valence-corrected chi connectivity index (χ2v) is 6.18. The quantitative estimate of drug-likeness (QED) is 0.763. The Balaban J connectivity index is 1.70. The van der Waals surface area contributed by atoms with Crippen LogP contribution in [0.4, 0.5) is 9.18 Å². The number of benzene rings is 2. The maximum absolute atomic E-state index is 12.9. The predicted octanol–water partition coefficient (Wildman–Crippen LogP) is 4.62. The first-order chi connectivity index (χ1) is 11.6. The van der Waals surface area contributed by atoms with Crippen molar-refractivity contribution in [1.82, 2.24) is 4.90 Å². The minimum absolute atomic E-state index is 0.144. The number of hydrogen-bond donors (Lipinski definition) is 0. The van der Waals surface area contributed by atoms with Gasteiger partial charge in [0.1, 0.15) is 5.82 Å². The van der Waals surface area contributed by atoms with Crippen LogP contribution in [0.1, 0.15) is 11.1 Å². The largest absolute Gasteiger partial charge is 0.293 e. The molecule has 1 aliphatic heterocycles. The SMILES string of the molecule is O=C1S/C(=C/C=C\c2ccccc2)C(=O)N1Cc1ccc(F)cc1. The lowest BCUT2D eigenvalue weighted by Gasteiger charge is -2.12. The summed E-state index contributed by atoms with van der Waals surface area (Å²) in [5, 5.41) is -0.316. The standard InChI is InChI=1S/C19H14FNO2S/c20-16-11-9-15(10-12-16)13-21-18(22)17(24-19(21)23)8-4-7-14-5-2-1-3-6-14/h1-12H,13H2/b7-4-,17-8+. The van der Waals surface area contributed by atoms with Crippen LogP contribution in [0.5, 0.6) is 0 Å². The van der Waals surface area contributed by atoms with Crippen molar-refractivity contribution in [3.63, 3.8) is 0 Å². The third-order valence-electron chi connectivity index (χ3n) is 3.46. The number of halogens is 1. The fraction of sp³-hybridized carbons (Fsp3) is 0.0526. The van der Waals surface area contributed by atoms with Crippen LogP contribution in [0.3, 0.4) is 0 Å². The topological polar surface area (TPSA) is 37.4 Å². The van der Waals surface area contributed by atoms with E-state index in [1.165, 1.54) is 17.0 Å². The number of allylic oxidation sites excluding steroid dienone is 2. The normalized spacial score (nSPS) is 16.5. The maximum Gasteiger partial charge on any atom is 0.293 e. The lowest BCUT2D eigenvalue weighted by Crippen LogP contribution is -2.27. The fourth-order valence-electron chi connectivity index (χ4n) is 2.23. The molecule has 1 heterocycles. The lowest BCUT2D eigenvalue weighted by molar-refractivity contribution is -0.123. The van der Waals surface area contributed by atoms with Gasteiger partial charge < -0.3 is 0 Å². The summed E-state index contributed by atoms with van der Waals surface area (Å²) in [6.07, 6.45) is 5.26. The number of thioether (sulfide) groups is 1. The molecule has 5 heteroatoms. The number of rotatable bonds is 4. The molecule has 0 unspecified atom stereocenters. The Labute approximate surface area is 143 Å². The Morgan fingerprint density at radius 2 is 1.71 bits per heavy atom. The van der Waals surface area contributed by atoms with E-state index in [0.29, 0.717) is 10.5 Å². The molecular weight excluding hydrogens is 325 g/mol. The number of carbonyl (C=O) groups is 2. The molecule has 3 nitrogen and oxygen atoms in total. The van der Waals surface area contributed by atoms with Gasteiger partial charge in [0.15, 0.2) is 0 Å². The van der Waals surface area contributed by atoms with E-state index in [0.717, 1.165) is 17.3 Å². The van der Waals surface area contributed by atoms with Crippen LogP contribution in [0.25, 0.3) is 6.08 Å². The van der Waals surface area contributed by atoms with Crippen molar-refractivity contribution in [1.29, 1.82) is 0 Å². The Morgan fingerprint density at radius 1 is 1.00 bits per heavy atom. The highest BCUT2D eigenvalue weighted by atomic mass is 32.2. The monoisotopic (exact) mass is 339 g/mol. The minimum atomic E-state index is -0.348. The maximum atomic E-state index is 12.9. The summed E-state index contributed by atoms with van der Waals surface area (Å²) in [4.78, 5) is 25.9. The fourth-order valence-corrected chi connectivity index (χ4v) is 3.02. The molecule has 1 saturated heterocycles. The van der Waals surface area contributed by atoms with Crippen LogP contribution < -0.4 is 0 Å². The van der Waals surface area contributed by atoms with Crippen molar-refractivity contribution < 1.29 is 14.0 Å². The van der Waals surface area contributed by atoms with E-state index in [2.05, 4.69) is 0 Å². The smallest absolute Gasteiger partial charge is 0.268 e. The van der Waals surface area contributed by atoms with Gasteiger partial charge >= 0.3 is 0 Å². The summed E-state index contributed by atoms with van der Waals surface area (Å²) in [7, 11) is 0. The van der Waals surface area contributed by atoms with Gasteiger partial charge in [-0.1, -0.05) is 54.6 Å². The van der Waals surface area contributed by atoms with Crippen LogP contribution in [0.2, 0.25) is 0 Å². The number of imide groups is 1. The molecule has 0 N–H and O–H groups in total. The summed E-state index contributed by atoms with van der Waals surface area (Å²) in [5.41, 5.74) is 1.72. The molecule has 2 amide bonds. The predicted molar refractivity (Wildman–Crippen MR) is 93.5 cm³/mol. The first-order valence-corrected chi connectivity index (χ1v) is 8.17. The van der Waals surface area contributed by atoms with Gasteiger partial charge in [-0.2, -0.15) is 0 Å². The van der Waals surface area contributed by atoms with Gasteiger partial charge in [-0.15, -0.1) is 0 Å². The minimum Gasteiger partial charge on any atom is -0.268 e. The van der Waals surface area contributed by atoms with E-state index < -0.39 is 0 Å². The molecule has 0 aliphatic carbocycles. The molecule has 120 valence electrons. The van der Waals surface area contributed by atoms with E-state index >= 15 is 0 Å². The van der Waals surface area contributed by atoms with E-state index in [1.54, 1.807) is 24.3 Å². The van der Waals surface area contributed by atoms with Gasteiger partial charge in [0.25, 0.3) is 11.1 Å². The van der Waals surface area contributed by atoms with Crippen molar-refractivity contribution >= 4 is 29.0 Å². The summed E-state index contributed by atoms with van der Waals surface area (Å²) in [6.45, 7) is 0.144. The molecule has 0 bridgehead atoms. The van der Waals surface area contributed by atoms with E-state index in [9.17, 15) is 14.0 Å². The highest BCUT2D eigenvalue weighted by molar-refractivity contribution is 8.18. The van der Waals surface area contributed by atoms with Crippen LogP contribution >= 0.6 is 11.8 Å². The number of hydrogen-bond acceptors (Lipinski definition) is 3. The van der Waals surface area contributed by atoms with Gasteiger partial charge in [-0.3, -0.25) is 14.5 Å².